The molecule has 0 aromatic heterocycles. The number of para-hydroxylation sites is 1. The molecule has 1 saturated heterocycles. The van der Waals surface area contributed by atoms with Crippen molar-refractivity contribution in [2.45, 2.75) is 76.7 Å². The Labute approximate surface area is 257 Å². The number of carbonyl (C=O) groups excluding carboxylic acids is 2. The highest BCUT2D eigenvalue weighted by Crippen LogP contribution is 2.70. The van der Waals surface area contributed by atoms with Gasteiger partial charge in [0.05, 0.1) is 18.8 Å². The van der Waals surface area contributed by atoms with Crippen molar-refractivity contribution in [1.29, 1.82) is 0 Å². The van der Waals surface area contributed by atoms with Crippen molar-refractivity contribution >= 4 is 17.3 Å². The van der Waals surface area contributed by atoms with Gasteiger partial charge in [0.15, 0.2) is 23.5 Å². The molecule has 0 amide bonds. The number of aliphatic hydroxyl groups excluding tert-OH is 3. The fraction of sp³-hybridized carbons (Fsp3) is 0.500. The van der Waals surface area contributed by atoms with Gasteiger partial charge in [0.2, 0.25) is 0 Å². The van der Waals surface area contributed by atoms with Gasteiger partial charge in [0.25, 0.3) is 0 Å². The molecule has 2 aromatic carbocycles. The molecule has 44 heavy (non-hydrogen) atoms. The molecule has 2 aromatic rings. The fourth-order valence-corrected chi connectivity index (χ4v) is 9.86. The number of aliphatic hydroxyl groups is 3. The zero-order valence-electron chi connectivity index (χ0n) is 25.2. The third-order valence-corrected chi connectivity index (χ3v) is 11.9. The zero-order chi connectivity index (χ0) is 31.0. The van der Waals surface area contributed by atoms with E-state index in [1.54, 1.807) is 18.2 Å². The number of carbonyl (C=O) groups is 2. The van der Waals surface area contributed by atoms with Gasteiger partial charge in [0.1, 0.15) is 6.61 Å². The molecule has 0 radical (unpaired) electrons. The summed E-state index contributed by atoms with van der Waals surface area (Å²) in [5.41, 5.74) is 8.71. The summed E-state index contributed by atoms with van der Waals surface area (Å²) in [5, 5.41) is 31.8. The molecule has 4 fully saturated rings. The van der Waals surface area contributed by atoms with Crippen LogP contribution in [0, 0.1) is 28.6 Å². The second-order valence-corrected chi connectivity index (χ2v) is 13.9. The van der Waals surface area contributed by atoms with Gasteiger partial charge in [-0.25, -0.2) is 0 Å². The minimum absolute atomic E-state index is 0.00647. The Kier molecular flexibility index (Phi) is 7.03. The highest BCUT2D eigenvalue weighted by atomic mass is 16.7. The summed E-state index contributed by atoms with van der Waals surface area (Å²) >= 11 is 0. The predicted octanol–water partition coefficient (Wildman–Crippen LogP) is 3.95. The lowest BCUT2D eigenvalue weighted by Gasteiger charge is -2.59. The van der Waals surface area contributed by atoms with Crippen LogP contribution in [0.5, 0.6) is 0 Å². The first-order valence-electron chi connectivity index (χ1n) is 15.7. The summed E-state index contributed by atoms with van der Waals surface area (Å²) in [6.07, 6.45) is 6.29. The van der Waals surface area contributed by atoms with Gasteiger partial charge in [-0.15, -0.1) is 0 Å². The molecule has 0 unspecified atom stereocenters. The summed E-state index contributed by atoms with van der Waals surface area (Å²) in [4.78, 5) is 26.0. The van der Waals surface area contributed by atoms with Crippen molar-refractivity contribution in [3.05, 3.63) is 88.5 Å². The van der Waals surface area contributed by atoms with Gasteiger partial charge in [-0.3, -0.25) is 9.59 Å². The molecule has 9 atom stereocenters. The molecule has 3 saturated carbocycles. The Morgan fingerprint density at radius 3 is 2.66 bits per heavy atom. The number of hydrogen-bond acceptors (Lipinski definition) is 8. The number of ketones is 2. The Morgan fingerprint density at radius 1 is 1.11 bits per heavy atom. The number of anilines is 1. The van der Waals surface area contributed by atoms with Crippen molar-refractivity contribution in [2.75, 3.05) is 12.3 Å². The van der Waals surface area contributed by atoms with Crippen molar-refractivity contribution in [2.24, 2.45) is 28.6 Å². The van der Waals surface area contributed by atoms with E-state index >= 15 is 0 Å². The van der Waals surface area contributed by atoms with E-state index in [4.69, 9.17) is 15.2 Å². The number of benzene rings is 2. The van der Waals surface area contributed by atoms with E-state index in [1.165, 1.54) is 0 Å². The topological polar surface area (TPSA) is 139 Å². The first-order valence-corrected chi connectivity index (χ1v) is 15.7. The van der Waals surface area contributed by atoms with Gasteiger partial charge >= 0.3 is 0 Å². The number of Topliss-reactive ketones (excluding diaryl/α,β-unsaturated/α-hetero) is 1. The Bertz CT molecular complexity index is 1580. The van der Waals surface area contributed by atoms with Crippen LogP contribution in [0.25, 0.3) is 0 Å². The largest absolute Gasteiger partial charge is 0.398 e. The van der Waals surface area contributed by atoms with Crippen LogP contribution in [-0.4, -0.2) is 51.3 Å². The summed E-state index contributed by atoms with van der Waals surface area (Å²) in [6.45, 7) is 3.36. The number of fused-ring (bicyclic) bond motifs is 7. The lowest BCUT2D eigenvalue weighted by atomic mass is 9.46. The van der Waals surface area contributed by atoms with Crippen LogP contribution in [0.15, 0.2) is 66.3 Å². The number of hydrogen-bond donors (Lipinski definition) is 4. The van der Waals surface area contributed by atoms with E-state index < -0.39 is 47.3 Å². The molecule has 0 bridgehead atoms. The van der Waals surface area contributed by atoms with Crippen LogP contribution in [-0.2, 0) is 32.1 Å². The molecule has 4 aliphatic carbocycles. The first kappa shape index (κ1) is 29.6. The number of rotatable bonds is 6. The Morgan fingerprint density at radius 2 is 1.89 bits per heavy atom. The van der Waals surface area contributed by atoms with E-state index in [1.807, 2.05) is 49.4 Å². The van der Waals surface area contributed by atoms with Crippen LogP contribution < -0.4 is 5.73 Å². The maximum Gasteiger partial charge on any atom is 0.193 e. The van der Waals surface area contributed by atoms with E-state index in [0.29, 0.717) is 30.5 Å². The van der Waals surface area contributed by atoms with Gasteiger partial charge in [-0.2, -0.15) is 0 Å². The highest BCUT2D eigenvalue weighted by Gasteiger charge is 2.75. The van der Waals surface area contributed by atoms with Gasteiger partial charge < -0.3 is 30.5 Å². The molecule has 8 heteroatoms. The van der Waals surface area contributed by atoms with Crippen LogP contribution in [0.1, 0.15) is 68.1 Å². The molecule has 5 N–H and O–H groups in total. The molecule has 7 rings (SSSR count). The average molecular weight is 600 g/mol. The predicted molar refractivity (Wildman–Crippen MR) is 163 cm³/mol. The van der Waals surface area contributed by atoms with E-state index in [2.05, 4.69) is 6.92 Å². The second-order valence-electron chi connectivity index (χ2n) is 13.9. The lowest BCUT2D eigenvalue weighted by Crippen LogP contribution is -2.63. The van der Waals surface area contributed by atoms with E-state index in [-0.39, 0.29) is 30.1 Å². The molecular formula is C36H41NO7. The summed E-state index contributed by atoms with van der Waals surface area (Å²) in [6, 6.07) is 13.5. The van der Waals surface area contributed by atoms with Crippen LogP contribution in [0.4, 0.5) is 5.69 Å². The maximum absolute atomic E-state index is 13.8. The molecule has 1 heterocycles. The van der Waals surface area contributed by atoms with Gasteiger partial charge in [0, 0.05) is 33.6 Å². The normalized spacial score (nSPS) is 38.8. The molecule has 1 aliphatic heterocycles. The lowest BCUT2D eigenvalue weighted by molar-refractivity contribution is -0.201. The monoisotopic (exact) mass is 599 g/mol. The quantitative estimate of drug-likeness (QED) is 0.366. The third-order valence-electron chi connectivity index (χ3n) is 11.9. The van der Waals surface area contributed by atoms with Crippen molar-refractivity contribution in [3.8, 4) is 0 Å². The number of allylic oxidation sites excluding steroid dienone is 4. The Hall–Kier alpha value is -3.14. The van der Waals surface area contributed by atoms with E-state index in [0.717, 1.165) is 35.1 Å². The fourth-order valence-electron chi connectivity index (χ4n) is 9.86. The number of nitrogens with two attached hydrogens (primary N) is 1. The second kappa shape index (κ2) is 10.5. The highest BCUT2D eigenvalue weighted by molar-refractivity contribution is 6.01. The van der Waals surface area contributed by atoms with Crippen LogP contribution in [0.2, 0.25) is 0 Å². The SMILES string of the molecule is C[C@]12C=CC(=O)C=C1CC[C@@H]1[C@@H]2[C@@H](O)C[C@@]2(C)[C@H]1C[C@H]1O[C@@H](c3cccc(Cc4cccc(CO)c4N)c3)O[C@]12C(=O)CO. The first-order chi connectivity index (χ1) is 21.1. The standard InChI is InChI=1S/C36H41NO7/c1-34-12-11-25(40)15-24(34)9-10-26-27-16-30-36(29(42)19-39,35(27,2)17-28(41)31(26)34)44-33(43-30)22-7-3-5-20(14-22)13-21-6-4-8-23(18-38)32(21)37/h3-8,11-12,14-15,26-28,30-31,33,38-39,41H,9-10,13,16-19,37H2,1-2H3/t26-,27-,28-,30+,31+,33+,34-,35-,36+/m0/s1. The van der Waals surface area contributed by atoms with Crippen molar-refractivity contribution in [1.82, 2.24) is 0 Å². The minimum atomic E-state index is -1.39. The van der Waals surface area contributed by atoms with E-state index in [9.17, 15) is 24.9 Å². The summed E-state index contributed by atoms with van der Waals surface area (Å²) in [5.74, 6) is -0.361. The zero-order valence-corrected chi connectivity index (χ0v) is 25.2. The van der Waals surface area contributed by atoms with Crippen molar-refractivity contribution < 1.29 is 34.4 Å². The third kappa shape index (κ3) is 4.08. The average Bonchev–Trinajstić information content (AvgIpc) is 3.51. The molecule has 0 spiro atoms. The smallest absolute Gasteiger partial charge is 0.193 e. The van der Waals surface area contributed by atoms with Crippen molar-refractivity contribution in [3.63, 3.8) is 0 Å². The molecule has 8 nitrogen and oxygen atoms in total. The van der Waals surface area contributed by atoms with Crippen LogP contribution >= 0.6 is 0 Å². The number of nitrogen functional groups attached to an aromatic ring is 1. The number of ether oxygens (including phenoxy) is 2. The molecule has 5 aliphatic rings. The van der Waals surface area contributed by atoms with Crippen LogP contribution in [0.3, 0.4) is 0 Å². The van der Waals surface area contributed by atoms with Gasteiger partial charge in [-0.1, -0.05) is 68.0 Å². The summed E-state index contributed by atoms with van der Waals surface area (Å²) in [7, 11) is 0. The molecular weight excluding hydrogens is 558 g/mol. The maximum atomic E-state index is 13.8. The summed E-state index contributed by atoms with van der Waals surface area (Å²) < 4.78 is 13.4. The van der Waals surface area contributed by atoms with Gasteiger partial charge in [-0.05, 0) is 67.2 Å². The Balaban J connectivity index is 1.20. The molecule has 232 valence electrons. The minimum Gasteiger partial charge on any atom is -0.398 e.